The van der Waals surface area contributed by atoms with Crippen molar-refractivity contribution in [2.75, 3.05) is 0 Å². The molecule has 76 valence electrons. The second-order valence-corrected chi connectivity index (χ2v) is 4.11. The minimum atomic E-state index is 0.855. The zero-order valence-electron chi connectivity index (χ0n) is 8.57. The average Bonchev–Trinajstić information content (AvgIpc) is 2.30. The Morgan fingerprint density at radius 2 is 1.80 bits per heavy atom. The van der Waals surface area contributed by atoms with Crippen LogP contribution in [0.1, 0.15) is 11.1 Å². The molecule has 1 nitrogen and oxygen atoms in total. The molecule has 0 bridgehead atoms. The van der Waals surface area contributed by atoms with E-state index in [1.54, 1.807) is 0 Å². The molecular weight excluding hydrogens is 250 g/mol. The smallest absolute Gasteiger partial charge is 0.0702 e. The number of pyridine rings is 1. The maximum atomic E-state index is 4.42. The fourth-order valence-electron chi connectivity index (χ4n) is 1.40. The van der Waals surface area contributed by atoms with E-state index in [-0.39, 0.29) is 0 Å². The summed E-state index contributed by atoms with van der Waals surface area (Å²) in [7, 11) is 0. The highest BCUT2D eigenvalue weighted by Gasteiger charge is 1.98. The van der Waals surface area contributed by atoms with Crippen LogP contribution in [0.25, 0.3) is 11.3 Å². The van der Waals surface area contributed by atoms with Crippen molar-refractivity contribution in [1.29, 1.82) is 0 Å². The molecule has 0 radical (unpaired) electrons. The number of benzene rings is 1. The van der Waals surface area contributed by atoms with Crippen LogP contribution in [0.4, 0.5) is 0 Å². The van der Waals surface area contributed by atoms with Gasteiger partial charge in [0.2, 0.25) is 0 Å². The first-order valence-electron chi connectivity index (χ1n) is 4.87. The number of hydrogen-bond donors (Lipinski definition) is 0. The molecule has 15 heavy (non-hydrogen) atoms. The monoisotopic (exact) mass is 261 g/mol. The molecular formula is C13H12BrN. The van der Waals surface area contributed by atoms with Crippen molar-refractivity contribution < 1.29 is 0 Å². The quantitative estimate of drug-likeness (QED) is 0.747. The second-order valence-electron chi connectivity index (χ2n) is 3.55. The van der Waals surface area contributed by atoms with E-state index in [0.29, 0.717) is 0 Å². The van der Waals surface area contributed by atoms with Crippen molar-refractivity contribution in [2.45, 2.75) is 12.3 Å². The summed E-state index contributed by atoms with van der Waals surface area (Å²) in [6, 6.07) is 12.6. The molecule has 2 rings (SSSR count). The highest BCUT2D eigenvalue weighted by Crippen LogP contribution is 2.18. The Morgan fingerprint density at radius 3 is 2.33 bits per heavy atom. The Labute approximate surface area is 98.3 Å². The number of rotatable bonds is 2. The molecule has 0 fully saturated rings. The molecule has 0 saturated carbocycles. The Morgan fingerprint density at radius 1 is 1.07 bits per heavy atom. The predicted molar refractivity (Wildman–Crippen MR) is 67.0 cm³/mol. The number of nitrogens with zero attached hydrogens (tertiary/aromatic N) is 1. The van der Waals surface area contributed by atoms with Crippen molar-refractivity contribution >= 4 is 15.9 Å². The third-order valence-corrected chi connectivity index (χ3v) is 2.97. The standard InChI is InChI=1S/C13H12BrN/c1-10-2-5-12(6-3-10)13-7-4-11(8-14)9-15-13/h2-7,9H,8H2,1H3. The molecule has 1 aromatic heterocycles. The Kier molecular flexibility index (Phi) is 3.17. The summed E-state index contributed by atoms with van der Waals surface area (Å²) >= 11 is 3.41. The first-order chi connectivity index (χ1) is 7.29. The van der Waals surface area contributed by atoms with Crippen molar-refractivity contribution in [2.24, 2.45) is 0 Å². The lowest BCUT2D eigenvalue weighted by Gasteiger charge is -2.02. The zero-order chi connectivity index (χ0) is 10.7. The first-order valence-corrected chi connectivity index (χ1v) is 5.99. The van der Waals surface area contributed by atoms with Gasteiger partial charge in [-0.1, -0.05) is 51.8 Å². The number of halogens is 1. The average molecular weight is 262 g/mol. The van der Waals surface area contributed by atoms with E-state index in [0.717, 1.165) is 11.0 Å². The van der Waals surface area contributed by atoms with Gasteiger partial charge in [0.15, 0.2) is 0 Å². The van der Waals surface area contributed by atoms with Crippen molar-refractivity contribution in [3.05, 3.63) is 53.7 Å². The van der Waals surface area contributed by atoms with Crippen LogP contribution < -0.4 is 0 Å². The van der Waals surface area contributed by atoms with Crippen LogP contribution >= 0.6 is 15.9 Å². The van der Waals surface area contributed by atoms with E-state index in [1.165, 1.54) is 16.7 Å². The summed E-state index contributed by atoms with van der Waals surface area (Å²) < 4.78 is 0. The van der Waals surface area contributed by atoms with Gasteiger partial charge in [0.1, 0.15) is 0 Å². The van der Waals surface area contributed by atoms with E-state index < -0.39 is 0 Å². The number of hydrogen-bond acceptors (Lipinski definition) is 1. The predicted octanol–water partition coefficient (Wildman–Crippen LogP) is 3.95. The fourth-order valence-corrected chi connectivity index (χ4v) is 1.73. The topological polar surface area (TPSA) is 12.9 Å². The van der Waals surface area contributed by atoms with Crippen LogP contribution in [0.2, 0.25) is 0 Å². The fraction of sp³-hybridized carbons (Fsp3) is 0.154. The largest absolute Gasteiger partial charge is 0.256 e. The molecule has 0 atom stereocenters. The maximum Gasteiger partial charge on any atom is 0.0702 e. The number of aryl methyl sites for hydroxylation is 1. The molecule has 0 aliphatic rings. The minimum absolute atomic E-state index is 0.855. The van der Waals surface area contributed by atoms with Gasteiger partial charge in [-0.05, 0) is 18.6 Å². The van der Waals surface area contributed by atoms with Crippen molar-refractivity contribution in [1.82, 2.24) is 4.98 Å². The molecule has 0 amide bonds. The molecule has 0 spiro atoms. The van der Waals surface area contributed by atoms with Gasteiger partial charge in [-0.25, -0.2) is 0 Å². The van der Waals surface area contributed by atoms with Gasteiger partial charge in [-0.3, -0.25) is 4.98 Å². The van der Waals surface area contributed by atoms with E-state index in [9.17, 15) is 0 Å². The lowest BCUT2D eigenvalue weighted by Crippen LogP contribution is -1.85. The molecule has 0 saturated heterocycles. The summed E-state index contributed by atoms with van der Waals surface area (Å²) in [4.78, 5) is 4.42. The molecule has 1 aromatic carbocycles. The van der Waals surface area contributed by atoms with Crippen LogP contribution in [0.3, 0.4) is 0 Å². The van der Waals surface area contributed by atoms with Crippen LogP contribution in [0, 0.1) is 6.92 Å². The molecule has 0 aliphatic heterocycles. The van der Waals surface area contributed by atoms with E-state index >= 15 is 0 Å². The van der Waals surface area contributed by atoms with Gasteiger partial charge >= 0.3 is 0 Å². The van der Waals surface area contributed by atoms with Gasteiger partial charge in [-0.15, -0.1) is 0 Å². The summed E-state index contributed by atoms with van der Waals surface area (Å²) in [6.07, 6.45) is 1.91. The number of alkyl halides is 1. The van der Waals surface area contributed by atoms with E-state index in [1.807, 2.05) is 6.20 Å². The first kappa shape index (κ1) is 10.4. The van der Waals surface area contributed by atoms with Crippen molar-refractivity contribution in [3.63, 3.8) is 0 Å². The Hall–Kier alpha value is -1.15. The summed E-state index contributed by atoms with van der Waals surface area (Å²) in [5.41, 5.74) is 4.67. The molecule has 2 heteroatoms. The van der Waals surface area contributed by atoms with Crippen LogP contribution in [0.15, 0.2) is 42.6 Å². The lowest BCUT2D eigenvalue weighted by molar-refractivity contribution is 1.26. The highest BCUT2D eigenvalue weighted by molar-refractivity contribution is 9.08. The molecule has 1 heterocycles. The summed E-state index contributed by atoms with van der Waals surface area (Å²) in [6.45, 7) is 2.09. The molecule has 0 aliphatic carbocycles. The highest BCUT2D eigenvalue weighted by atomic mass is 79.9. The lowest BCUT2D eigenvalue weighted by atomic mass is 10.1. The van der Waals surface area contributed by atoms with E-state index in [4.69, 9.17) is 0 Å². The minimum Gasteiger partial charge on any atom is -0.256 e. The van der Waals surface area contributed by atoms with Gasteiger partial charge in [0.05, 0.1) is 5.69 Å². The summed E-state index contributed by atoms with van der Waals surface area (Å²) in [5.74, 6) is 0. The maximum absolute atomic E-state index is 4.42. The van der Waals surface area contributed by atoms with Gasteiger partial charge < -0.3 is 0 Å². The third-order valence-electron chi connectivity index (χ3n) is 2.33. The second kappa shape index (κ2) is 4.58. The van der Waals surface area contributed by atoms with E-state index in [2.05, 4.69) is 64.2 Å². The van der Waals surface area contributed by atoms with Crippen LogP contribution in [-0.2, 0) is 5.33 Å². The molecule has 2 aromatic rings. The Bertz CT molecular complexity index is 431. The van der Waals surface area contributed by atoms with Gasteiger partial charge in [0, 0.05) is 17.1 Å². The zero-order valence-corrected chi connectivity index (χ0v) is 10.2. The molecule has 0 unspecified atom stereocenters. The molecule has 0 N–H and O–H groups in total. The summed E-state index contributed by atoms with van der Waals surface area (Å²) in [5, 5.41) is 0.855. The Balaban J connectivity index is 2.33. The van der Waals surface area contributed by atoms with Gasteiger partial charge in [0.25, 0.3) is 0 Å². The van der Waals surface area contributed by atoms with Crippen molar-refractivity contribution in [3.8, 4) is 11.3 Å². The van der Waals surface area contributed by atoms with Crippen LogP contribution in [0.5, 0.6) is 0 Å². The third kappa shape index (κ3) is 2.45. The van der Waals surface area contributed by atoms with Crippen LogP contribution in [-0.4, -0.2) is 4.98 Å². The normalized spacial score (nSPS) is 10.3. The van der Waals surface area contributed by atoms with Gasteiger partial charge in [-0.2, -0.15) is 0 Å². The number of aromatic nitrogens is 1. The SMILES string of the molecule is Cc1ccc(-c2ccc(CBr)cn2)cc1.